The predicted octanol–water partition coefficient (Wildman–Crippen LogP) is 3.94. The number of benzene rings is 2. The lowest BCUT2D eigenvalue weighted by Crippen LogP contribution is -2.38. The number of carbonyl (C=O) groups is 1. The first-order valence-corrected chi connectivity index (χ1v) is 11.3. The lowest BCUT2D eigenvalue weighted by molar-refractivity contribution is -0.384. The van der Waals surface area contributed by atoms with E-state index in [9.17, 15) is 14.9 Å². The summed E-state index contributed by atoms with van der Waals surface area (Å²) in [6, 6.07) is 12.3. The molecule has 0 amide bonds. The zero-order valence-corrected chi connectivity index (χ0v) is 19.0. The van der Waals surface area contributed by atoms with E-state index in [1.807, 2.05) is 36.4 Å². The van der Waals surface area contributed by atoms with Crippen molar-refractivity contribution in [2.75, 3.05) is 24.6 Å². The Balaban J connectivity index is 1.64. The second-order valence-corrected chi connectivity index (χ2v) is 8.44. The highest BCUT2D eigenvalue weighted by molar-refractivity contribution is 5.94. The van der Waals surface area contributed by atoms with Crippen molar-refractivity contribution in [1.29, 1.82) is 0 Å². The minimum Gasteiger partial charge on any atom is -0.466 e. The molecular formula is C24H24N6O4. The number of non-ortho nitro benzene ring substituents is 1. The number of piperidine rings is 1. The van der Waals surface area contributed by atoms with E-state index in [1.54, 1.807) is 12.1 Å². The fraction of sp³-hybridized carbons (Fsp3) is 0.333. The molecule has 4 aromatic rings. The van der Waals surface area contributed by atoms with Crippen molar-refractivity contribution in [3.8, 4) is 11.4 Å². The van der Waals surface area contributed by atoms with E-state index in [0.29, 0.717) is 55.5 Å². The Labute approximate surface area is 195 Å². The summed E-state index contributed by atoms with van der Waals surface area (Å²) in [6.45, 7) is 5.43. The van der Waals surface area contributed by atoms with Crippen LogP contribution >= 0.6 is 0 Å². The van der Waals surface area contributed by atoms with E-state index in [-0.39, 0.29) is 17.6 Å². The van der Waals surface area contributed by atoms with E-state index < -0.39 is 4.92 Å². The van der Waals surface area contributed by atoms with E-state index in [1.165, 1.54) is 12.1 Å². The van der Waals surface area contributed by atoms with Crippen molar-refractivity contribution < 1.29 is 14.5 Å². The highest BCUT2D eigenvalue weighted by Crippen LogP contribution is 2.32. The molecule has 10 heteroatoms. The maximum atomic E-state index is 12.2. The molecule has 1 saturated heterocycles. The molecule has 174 valence electrons. The molecule has 0 unspecified atom stereocenters. The predicted molar refractivity (Wildman–Crippen MR) is 127 cm³/mol. The average molecular weight is 460 g/mol. The van der Waals surface area contributed by atoms with Gasteiger partial charge in [0.15, 0.2) is 11.5 Å². The van der Waals surface area contributed by atoms with Crippen molar-refractivity contribution >= 4 is 34.2 Å². The van der Waals surface area contributed by atoms with Gasteiger partial charge in [0.05, 0.1) is 23.0 Å². The number of aromatic nitrogens is 4. The van der Waals surface area contributed by atoms with Crippen LogP contribution in [0.4, 0.5) is 11.6 Å². The number of hydrogen-bond acceptors (Lipinski definition) is 8. The first-order valence-electron chi connectivity index (χ1n) is 11.3. The summed E-state index contributed by atoms with van der Waals surface area (Å²) in [7, 11) is 0. The summed E-state index contributed by atoms with van der Waals surface area (Å²) in [5.41, 5.74) is 3.06. The Morgan fingerprint density at radius 1 is 1.18 bits per heavy atom. The fourth-order valence-electron chi connectivity index (χ4n) is 4.47. The van der Waals surface area contributed by atoms with Crippen LogP contribution in [0, 0.1) is 23.0 Å². The molecule has 0 spiro atoms. The Morgan fingerprint density at radius 2 is 1.97 bits per heavy atom. The smallest absolute Gasteiger partial charge is 0.309 e. The zero-order valence-electron chi connectivity index (χ0n) is 19.0. The summed E-state index contributed by atoms with van der Waals surface area (Å²) in [5, 5.41) is 21.1. The number of anilines is 1. The van der Waals surface area contributed by atoms with Crippen LogP contribution in [0.15, 0.2) is 42.5 Å². The van der Waals surface area contributed by atoms with Gasteiger partial charge in [-0.3, -0.25) is 14.9 Å². The number of esters is 1. The minimum absolute atomic E-state index is 0.0179. The van der Waals surface area contributed by atoms with Crippen LogP contribution in [0.3, 0.4) is 0 Å². The highest BCUT2D eigenvalue weighted by atomic mass is 16.6. The van der Waals surface area contributed by atoms with Gasteiger partial charge in [0.25, 0.3) is 5.69 Å². The van der Waals surface area contributed by atoms with Crippen LogP contribution in [0.1, 0.15) is 25.3 Å². The molecule has 2 aromatic heterocycles. The SMILES string of the molecule is CCOC(=O)C1CCN(c2nc3ccc(C)cc3c3nnc(-c4cccc([N+](=O)[O-])c4)n23)CC1. The molecule has 0 atom stereocenters. The standard InChI is InChI=1S/C24H24N6O4/c1-3-34-23(31)16-9-11-28(12-10-16)24-25-20-8-7-15(2)13-19(20)22-27-26-21(29(22)24)17-5-4-6-18(14-17)30(32)33/h4-8,13-14,16H,3,9-12H2,1-2H3. The molecule has 2 aromatic carbocycles. The van der Waals surface area contributed by atoms with Crippen LogP contribution in [-0.4, -0.2) is 50.2 Å². The second-order valence-electron chi connectivity index (χ2n) is 8.44. The summed E-state index contributed by atoms with van der Waals surface area (Å²) < 4.78 is 7.07. The Kier molecular flexibility index (Phi) is 5.56. The molecule has 0 bridgehead atoms. The molecule has 0 radical (unpaired) electrons. The lowest BCUT2D eigenvalue weighted by Gasteiger charge is -2.32. The largest absolute Gasteiger partial charge is 0.466 e. The van der Waals surface area contributed by atoms with Crippen molar-refractivity contribution in [3.63, 3.8) is 0 Å². The highest BCUT2D eigenvalue weighted by Gasteiger charge is 2.29. The summed E-state index contributed by atoms with van der Waals surface area (Å²) in [4.78, 5) is 30.2. The number of ether oxygens (including phenoxy) is 1. The molecule has 34 heavy (non-hydrogen) atoms. The van der Waals surface area contributed by atoms with Crippen molar-refractivity contribution in [2.45, 2.75) is 26.7 Å². The van der Waals surface area contributed by atoms with Crippen LogP contribution in [0.25, 0.3) is 27.9 Å². The van der Waals surface area contributed by atoms with E-state index in [0.717, 1.165) is 16.5 Å². The number of carbonyl (C=O) groups excluding carboxylic acids is 1. The lowest BCUT2D eigenvalue weighted by atomic mass is 9.97. The van der Waals surface area contributed by atoms with Gasteiger partial charge in [-0.2, -0.15) is 0 Å². The number of rotatable bonds is 5. The molecule has 1 fully saturated rings. The maximum absolute atomic E-state index is 12.2. The summed E-state index contributed by atoms with van der Waals surface area (Å²) in [6.07, 6.45) is 1.31. The molecule has 1 aliphatic heterocycles. The van der Waals surface area contributed by atoms with Crippen molar-refractivity contribution in [2.24, 2.45) is 5.92 Å². The Bertz CT molecular complexity index is 1410. The molecule has 1 aliphatic rings. The van der Waals surface area contributed by atoms with Gasteiger partial charge in [0, 0.05) is 36.2 Å². The van der Waals surface area contributed by atoms with Gasteiger partial charge in [-0.05, 0) is 38.8 Å². The van der Waals surface area contributed by atoms with Gasteiger partial charge in [0.2, 0.25) is 5.95 Å². The minimum atomic E-state index is -0.426. The second kappa shape index (κ2) is 8.69. The fourth-order valence-corrected chi connectivity index (χ4v) is 4.47. The summed E-state index contributed by atoms with van der Waals surface area (Å²) in [5.74, 6) is 0.847. The van der Waals surface area contributed by atoms with Crippen molar-refractivity contribution in [3.05, 3.63) is 58.1 Å². The molecule has 0 N–H and O–H groups in total. The van der Waals surface area contributed by atoms with E-state index in [4.69, 9.17) is 9.72 Å². The third-order valence-electron chi connectivity index (χ3n) is 6.19. The topological polar surface area (TPSA) is 116 Å². The zero-order chi connectivity index (χ0) is 23.8. The molecule has 0 aliphatic carbocycles. The number of hydrogen-bond donors (Lipinski definition) is 0. The first kappa shape index (κ1) is 21.7. The van der Waals surface area contributed by atoms with Crippen molar-refractivity contribution in [1.82, 2.24) is 19.6 Å². The van der Waals surface area contributed by atoms with Gasteiger partial charge in [-0.15, -0.1) is 10.2 Å². The van der Waals surface area contributed by atoms with Crippen LogP contribution < -0.4 is 4.90 Å². The third-order valence-corrected chi connectivity index (χ3v) is 6.19. The molecule has 5 rings (SSSR count). The number of aryl methyl sites for hydroxylation is 1. The average Bonchev–Trinajstić information content (AvgIpc) is 3.30. The molecular weight excluding hydrogens is 436 g/mol. The number of nitro benzene ring substituents is 1. The Hall–Kier alpha value is -4.08. The van der Waals surface area contributed by atoms with E-state index in [2.05, 4.69) is 15.1 Å². The van der Waals surface area contributed by atoms with Crippen LogP contribution in [0.5, 0.6) is 0 Å². The Morgan fingerprint density at radius 3 is 2.71 bits per heavy atom. The quantitative estimate of drug-likeness (QED) is 0.250. The summed E-state index contributed by atoms with van der Waals surface area (Å²) >= 11 is 0. The number of nitro groups is 1. The molecule has 10 nitrogen and oxygen atoms in total. The van der Waals surface area contributed by atoms with Gasteiger partial charge in [-0.1, -0.05) is 23.8 Å². The van der Waals surface area contributed by atoms with E-state index >= 15 is 0 Å². The van der Waals surface area contributed by atoms with Gasteiger partial charge >= 0.3 is 5.97 Å². The number of fused-ring (bicyclic) bond motifs is 3. The first-order chi connectivity index (χ1) is 16.5. The van der Waals surface area contributed by atoms with Gasteiger partial charge in [0.1, 0.15) is 0 Å². The van der Waals surface area contributed by atoms with Gasteiger partial charge in [-0.25, -0.2) is 9.38 Å². The van der Waals surface area contributed by atoms with Gasteiger partial charge < -0.3 is 9.64 Å². The van der Waals surface area contributed by atoms with Crippen LogP contribution in [-0.2, 0) is 9.53 Å². The normalized spacial score (nSPS) is 14.6. The maximum Gasteiger partial charge on any atom is 0.309 e. The third kappa shape index (κ3) is 3.81. The number of nitrogens with zero attached hydrogens (tertiary/aromatic N) is 6. The molecule has 3 heterocycles. The molecule has 0 saturated carbocycles. The van der Waals surface area contributed by atoms with Crippen LogP contribution in [0.2, 0.25) is 0 Å². The monoisotopic (exact) mass is 460 g/mol.